The number of hydrogen-bond donors (Lipinski definition) is 1. The predicted molar refractivity (Wildman–Crippen MR) is 117 cm³/mol. The molecule has 28 heavy (non-hydrogen) atoms. The molecule has 1 aliphatic rings. The first-order chi connectivity index (χ1) is 13.1. The van der Waals surface area contributed by atoms with Crippen LogP contribution in [0.25, 0.3) is 0 Å². The summed E-state index contributed by atoms with van der Waals surface area (Å²) in [6.07, 6.45) is 6.29. The maximum Gasteiger partial charge on any atom is 0.224 e. The van der Waals surface area contributed by atoms with Crippen LogP contribution in [0.1, 0.15) is 71.8 Å². The average Bonchev–Trinajstić information content (AvgIpc) is 2.58. The van der Waals surface area contributed by atoms with Crippen molar-refractivity contribution in [1.82, 2.24) is 4.90 Å². The van der Waals surface area contributed by atoms with Gasteiger partial charge in [-0.1, -0.05) is 40.0 Å². The van der Waals surface area contributed by atoms with Crippen LogP contribution in [0.3, 0.4) is 0 Å². The van der Waals surface area contributed by atoms with E-state index in [1.165, 1.54) is 19.3 Å². The van der Waals surface area contributed by atoms with Gasteiger partial charge >= 0.3 is 0 Å². The van der Waals surface area contributed by atoms with Crippen LogP contribution in [-0.4, -0.2) is 36.9 Å². The maximum atomic E-state index is 12.4. The monoisotopic (exact) mass is 387 g/mol. The molecule has 1 aliphatic carbocycles. The van der Waals surface area contributed by atoms with E-state index in [9.17, 15) is 9.59 Å². The normalized spacial score (nSPS) is 15.2. The molecule has 5 nitrogen and oxygen atoms in total. The molecule has 0 spiro atoms. The van der Waals surface area contributed by atoms with Gasteiger partial charge in [-0.3, -0.25) is 9.59 Å². The highest BCUT2D eigenvalue weighted by atomic mass is 16.2. The molecule has 0 aromatic heterocycles. The SMILES string of the molecule is CC(=O)N(Cc1cc(NC(=O)CC(C)(C)C)ccc1N(C)C)C1CCCCC1. The summed E-state index contributed by atoms with van der Waals surface area (Å²) in [6, 6.07) is 6.31. The number of carbonyl (C=O) groups is 2. The Kier molecular flexibility index (Phi) is 7.50. The molecule has 2 rings (SSSR count). The Labute approximate surface area is 170 Å². The van der Waals surface area contributed by atoms with Crippen molar-refractivity contribution in [2.75, 3.05) is 24.3 Å². The van der Waals surface area contributed by atoms with E-state index in [1.807, 2.05) is 37.2 Å². The van der Waals surface area contributed by atoms with Gasteiger partial charge in [0.25, 0.3) is 0 Å². The second-order valence-corrected chi connectivity index (χ2v) is 9.46. The first kappa shape index (κ1) is 22.3. The fourth-order valence-corrected chi connectivity index (χ4v) is 3.99. The highest BCUT2D eigenvalue weighted by Gasteiger charge is 2.24. The summed E-state index contributed by atoms with van der Waals surface area (Å²) in [5.74, 6) is 0.144. The molecule has 1 saturated carbocycles. The molecule has 0 bridgehead atoms. The van der Waals surface area contributed by atoms with Crippen LogP contribution in [0, 0.1) is 5.41 Å². The van der Waals surface area contributed by atoms with Crippen LogP contribution in [0.4, 0.5) is 11.4 Å². The number of hydrogen-bond acceptors (Lipinski definition) is 3. The van der Waals surface area contributed by atoms with Crippen LogP contribution >= 0.6 is 0 Å². The van der Waals surface area contributed by atoms with E-state index in [2.05, 4.69) is 31.0 Å². The Balaban J connectivity index is 2.24. The molecule has 0 heterocycles. The summed E-state index contributed by atoms with van der Waals surface area (Å²) < 4.78 is 0. The highest BCUT2D eigenvalue weighted by molar-refractivity contribution is 5.91. The zero-order valence-corrected chi connectivity index (χ0v) is 18.5. The van der Waals surface area contributed by atoms with Crippen molar-refractivity contribution in [3.8, 4) is 0 Å². The smallest absolute Gasteiger partial charge is 0.224 e. The molecule has 0 atom stereocenters. The van der Waals surface area contributed by atoms with Crippen LogP contribution in [0.5, 0.6) is 0 Å². The maximum absolute atomic E-state index is 12.4. The van der Waals surface area contributed by atoms with Gasteiger partial charge < -0.3 is 15.1 Å². The number of rotatable bonds is 6. The third kappa shape index (κ3) is 6.54. The summed E-state index contributed by atoms with van der Waals surface area (Å²) >= 11 is 0. The first-order valence-corrected chi connectivity index (χ1v) is 10.4. The van der Waals surface area contributed by atoms with Gasteiger partial charge in [-0.05, 0) is 42.0 Å². The number of anilines is 2. The number of amides is 2. The van der Waals surface area contributed by atoms with E-state index in [-0.39, 0.29) is 17.2 Å². The van der Waals surface area contributed by atoms with E-state index in [0.29, 0.717) is 19.0 Å². The van der Waals surface area contributed by atoms with E-state index >= 15 is 0 Å². The van der Waals surface area contributed by atoms with Gasteiger partial charge in [0.05, 0.1) is 0 Å². The minimum absolute atomic E-state index is 0.0201. The topological polar surface area (TPSA) is 52.7 Å². The molecule has 1 fully saturated rings. The van der Waals surface area contributed by atoms with Gasteiger partial charge in [-0.2, -0.15) is 0 Å². The van der Waals surface area contributed by atoms with Gasteiger partial charge in [0.15, 0.2) is 0 Å². The van der Waals surface area contributed by atoms with Crippen LogP contribution < -0.4 is 10.2 Å². The summed E-state index contributed by atoms with van der Waals surface area (Å²) in [4.78, 5) is 28.8. The molecule has 2 amide bonds. The summed E-state index contributed by atoms with van der Waals surface area (Å²) in [5.41, 5.74) is 2.89. The van der Waals surface area contributed by atoms with Gasteiger partial charge in [0, 0.05) is 51.4 Å². The molecular weight excluding hydrogens is 350 g/mol. The first-order valence-electron chi connectivity index (χ1n) is 10.4. The molecule has 1 N–H and O–H groups in total. The standard InChI is InChI=1S/C23H37N3O2/c1-17(27)26(20-10-8-7-9-11-20)16-18-14-19(12-13-21(18)25(5)6)24-22(28)15-23(2,3)4/h12-14,20H,7-11,15-16H2,1-6H3,(H,24,28). The second-order valence-electron chi connectivity index (χ2n) is 9.46. The predicted octanol–water partition coefficient (Wildman–Crippen LogP) is 4.81. The Morgan fingerprint density at radius 2 is 1.75 bits per heavy atom. The van der Waals surface area contributed by atoms with Crippen molar-refractivity contribution >= 4 is 23.2 Å². The quantitative estimate of drug-likeness (QED) is 0.762. The highest BCUT2D eigenvalue weighted by Crippen LogP contribution is 2.29. The van der Waals surface area contributed by atoms with E-state index in [1.54, 1.807) is 6.92 Å². The molecule has 1 aromatic carbocycles. The fourth-order valence-electron chi connectivity index (χ4n) is 3.99. The molecule has 1 aromatic rings. The van der Waals surface area contributed by atoms with Crippen molar-refractivity contribution in [3.05, 3.63) is 23.8 Å². The molecular formula is C23H37N3O2. The average molecular weight is 388 g/mol. The summed E-state index contributed by atoms with van der Waals surface area (Å²) in [6.45, 7) is 8.42. The largest absolute Gasteiger partial charge is 0.377 e. The Bertz CT molecular complexity index is 686. The van der Waals surface area contributed by atoms with Crippen molar-refractivity contribution in [2.45, 2.75) is 78.8 Å². The molecule has 0 unspecified atom stereocenters. The van der Waals surface area contributed by atoms with E-state index in [0.717, 1.165) is 29.8 Å². The van der Waals surface area contributed by atoms with E-state index in [4.69, 9.17) is 0 Å². The molecule has 0 saturated heterocycles. The van der Waals surface area contributed by atoms with Crippen molar-refractivity contribution in [1.29, 1.82) is 0 Å². The third-order valence-electron chi connectivity index (χ3n) is 5.30. The molecule has 0 radical (unpaired) electrons. The number of carbonyl (C=O) groups excluding carboxylic acids is 2. The van der Waals surface area contributed by atoms with Gasteiger partial charge in [0.2, 0.25) is 11.8 Å². The number of nitrogens with one attached hydrogen (secondary N) is 1. The lowest BCUT2D eigenvalue weighted by Crippen LogP contribution is -2.39. The van der Waals surface area contributed by atoms with Gasteiger partial charge in [0.1, 0.15) is 0 Å². The Morgan fingerprint density at radius 1 is 1.11 bits per heavy atom. The minimum atomic E-state index is -0.0527. The van der Waals surface area contributed by atoms with Gasteiger partial charge in [-0.25, -0.2) is 0 Å². The van der Waals surface area contributed by atoms with Gasteiger partial charge in [-0.15, -0.1) is 0 Å². The molecule has 5 heteroatoms. The lowest BCUT2D eigenvalue weighted by Gasteiger charge is -2.34. The number of nitrogens with zero attached hydrogens (tertiary/aromatic N) is 2. The fraction of sp³-hybridized carbons (Fsp3) is 0.652. The van der Waals surface area contributed by atoms with Crippen molar-refractivity contribution < 1.29 is 9.59 Å². The zero-order valence-electron chi connectivity index (χ0n) is 18.5. The molecule has 156 valence electrons. The van der Waals surface area contributed by atoms with E-state index < -0.39 is 0 Å². The summed E-state index contributed by atoms with van der Waals surface area (Å²) in [7, 11) is 4.02. The van der Waals surface area contributed by atoms with Crippen molar-refractivity contribution in [2.24, 2.45) is 5.41 Å². The Morgan fingerprint density at radius 3 is 2.29 bits per heavy atom. The Hall–Kier alpha value is -2.04. The lowest BCUT2D eigenvalue weighted by molar-refractivity contribution is -0.132. The summed E-state index contributed by atoms with van der Waals surface area (Å²) in [5, 5.41) is 3.03. The number of benzene rings is 1. The van der Waals surface area contributed by atoms with Crippen LogP contribution in [-0.2, 0) is 16.1 Å². The van der Waals surface area contributed by atoms with Crippen LogP contribution in [0.2, 0.25) is 0 Å². The molecule has 0 aliphatic heterocycles. The zero-order chi connectivity index (χ0) is 20.9. The minimum Gasteiger partial charge on any atom is -0.377 e. The second kappa shape index (κ2) is 9.44. The lowest BCUT2D eigenvalue weighted by atomic mass is 9.92. The van der Waals surface area contributed by atoms with Crippen LogP contribution in [0.15, 0.2) is 18.2 Å². The van der Waals surface area contributed by atoms with Crippen molar-refractivity contribution in [3.63, 3.8) is 0 Å². The third-order valence-corrected chi connectivity index (χ3v) is 5.30.